The average molecular weight is 291 g/mol. The number of hydrogen-bond acceptors (Lipinski definition) is 3. The molecule has 3 nitrogen and oxygen atoms in total. The molecule has 0 amide bonds. The van der Waals surface area contributed by atoms with E-state index in [1.165, 1.54) is 24.9 Å². The lowest BCUT2D eigenvalue weighted by molar-refractivity contribution is 0.0985. The minimum atomic E-state index is -0.0656. The molecule has 0 saturated carbocycles. The van der Waals surface area contributed by atoms with Crippen LogP contribution in [0.3, 0.4) is 0 Å². The molecule has 1 aromatic carbocycles. The molecule has 3 rings (SSSR count). The van der Waals surface area contributed by atoms with E-state index in [9.17, 15) is 4.39 Å². The summed E-state index contributed by atoms with van der Waals surface area (Å²) in [5.41, 5.74) is 2.02. The Bertz CT molecular complexity index is 477. The van der Waals surface area contributed by atoms with Gasteiger partial charge in [0.25, 0.3) is 0 Å². The first-order chi connectivity index (χ1) is 10.3. The fourth-order valence-corrected chi connectivity index (χ4v) is 3.57. The van der Waals surface area contributed by atoms with Crippen molar-refractivity contribution in [3.8, 4) is 0 Å². The third kappa shape index (κ3) is 3.62. The largest absolute Gasteiger partial charge is 0.313 e. The summed E-state index contributed by atoms with van der Waals surface area (Å²) < 4.78 is 14.1. The number of nitrogens with zero attached hydrogens (tertiary/aromatic N) is 2. The fraction of sp³-hybridized carbons (Fsp3) is 0.647. The average Bonchev–Trinajstić information content (AvgIpc) is 2.95. The molecule has 116 valence electrons. The molecule has 0 aromatic heterocycles. The van der Waals surface area contributed by atoms with Crippen LogP contribution in [0.15, 0.2) is 18.2 Å². The van der Waals surface area contributed by atoms with Crippen LogP contribution < -0.4 is 5.32 Å². The van der Waals surface area contributed by atoms with E-state index in [1.807, 2.05) is 12.1 Å². The quantitative estimate of drug-likeness (QED) is 0.897. The second kappa shape index (κ2) is 6.86. The summed E-state index contributed by atoms with van der Waals surface area (Å²) in [6.45, 7) is 9.15. The second-order valence-corrected chi connectivity index (χ2v) is 6.27. The summed E-state index contributed by atoms with van der Waals surface area (Å²) in [7, 11) is 0. The summed E-state index contributed by atoms with van der Waals surface area (Å²) in [6.07, 6.45) is 2.63. The van der Waals surface area contributed by atoms with Gasteiger partial charge >= 0.3 is 0 Å². The van der Waals surface area contributed by atoms with Crippen LogP contribution in [0.2, 0.25) is 0 Å². The summed E-state index contributed by atoms with van der Waals surface area (Å²) >= 11 is 0. The van der Waals surface area contributed by atoms with Gasteiger partial charge in [-0.15, -0.1) is 0 Å². The summed E-state index contributed by atoms with van der Waals surface area (Å²) in [5, 5.41) is 3.30. The first-order valence-corrected chi connectivity index (χ1v) is 8.20. The van der Waals surface area contributed by atoms with Crippen LogP contribution in [0.4, 0.5) is 4.39 Å². The van der Waals surface area contributed by atoms with Crippen LogP contribution in [0.25, 0.3) is 0 Å². The Balaban J connectivity index is 1.63. The first kappa shape index (κ1) is 14.9. The molecule has 1 aromatic rings. The molecular formula is C17H26FN3. The van der Waals surface area contributed by atoms with Crippen molar-refractivity contribution in [3.63, 3.8) is 0 Å². The van der Waals surface area contributed by atoms with E-state index >= 15 is 0 Å². The number of hydrogen-bond donors (Lipinski definition) is 1. The smallest absolute Gasteiger partial charge is 0.127 e. The maximum Gasteiger partial charge on any atom is 0.127 e. The lowest BCUT2D eigenvalue weighted by Gasteiger charge is -2.37. The molecule has 21 heavy (non-hydrogen) atoms. The zero-order valence-electron chi connectivity index (χ0n) is 12.9. The number of halogens is 1. The van der Waals surface area contributed by atoms with Gasteiger partial charge in [0, 0.05) is 44.3 Å². The third-order valence-corrected chi connectivity index (χ3v) is 4.75. The number of nitrogens with one attached hydrogen (secondary N) is 1. The van der Waals surface area contributed by atoms with Crippen LogP contribution in [0.5, 0.6) is 0 Å². The Hall–Kier alpha value is -0.970. The molecule has 0 spiro atoms. The second-order valence-electron chi connectivity index (χ2n) is 6.27. The molecule has 2 saturated heterocycles. The van der Waals surface area contributed by atoms with E-state index in [2.05, 4.69) is 22.0 Å². The highest BCUT2D eigenvalue weighted by atomic mass is 19.1. The van der Waals surface area contributed by atoms with Crippen molar-refractivity contribution in [1.29, 1.82) is 0 Å². The van der Waals surface area contributed by atoms with Gasteiger partial charge in [-0.2, -0.15) is 0 Å². The van der Waals surface area contributed by atoms with Gasteiger partial charge in [-0.3, -0.25) is 9.80 Å². The van der Waals surface area contributed by atoms with E-state index in [0.29, 0.717) is 6.04 Å². The predicted molar refractivity (Wildman–Crippen MR) is 83.7 cm³/mol. The lowest BCUT2D eigenvalue weighted by atomic mass is 10.1. The van der Waals surface area contributed by atoms with Crippen LogP contribution >= 0.6 is 0 Å². The number of benzene rings is 1. The number of rotatable bonds is 5. The highest BCUT2D eigenvalue weighted by molar-refractivity contribution is 5.25. The van der Waals surface area contributed by atoms with E-state index < -0.39 is 0 Å². The molecule has 0 bridgehead atoms. The van der Waals surface area contributed by atoms with Crippen molar-refractivity contribution in [2.45, 2.75) is 38.9 Å². The van der Waals surface area contributed by atoms with Gasteiger partial charge < -0.3 is 5.32 Å². The Kier molecular flexibility index (Phi) is 4.88. The van der Waals surface area contributed by atoms with Crippen molar-refractivity contribution in [2.24, 2.45) is 0 Å². The number of piperazine rings is 1. The van der Waals surface area contributed by atoms with Crippen LogP contribution in [0, 0.1) is 5.82 Å². The molecule has 2 aliphatic rings. The number of fused-ring (bicyclic) bond motifs is 1. The van der Waals surface area contributed by atoms with E-state index in [1.54, 1.807) is 6.07 Å². The van der Waals surface area contributed by atoms with Crippen LogP contribution in [0.1, 0.15) is 30.9 Å². The molecular weight excluding hydrogens is 265 g/mol. The van der Waals surface area contributed by atoms with Crippen molar-refractivity contribution < 1.29 is 4.39 Å². The molecule has 2 fully saturated rings. The van der Waals surface area contributed by atoms with Crippen molar-refractivity contribution >= 4 is 0 Å². The van der Waals surface area contributed by atoms with Crippen LogP contribution in [-0.4, -0.2) is 48.6 Å². The maximum absolute atomic E-state index is 14.1. The highest BCUT2D eigenvalue weighted by Gasteiger charge is 2.30. The Morgan fingerprint density at radius 1 is 1.29 bits per heavy atom. The molecule has 0 radical (unpaired) electrons. The molecule has 2 aliphatic heterocycles. The Morgan fingerprint density at radius 2 is 2.19 bits per heavy atom. The molecule has 4 heteroatoms. The summed E-state index contributed by atoms with van der Waals surface area (Å²) in [6, 6.07) is 6.23. The predicted octanol–water partition coefficient (Wildman–Crippen LogP) is 2.22. The third-order valence-electron chi connectivity index (χ3n) is 4.75. The van der Waals surface area contributed by atoms with Crippen LogP contribution in [-0.2, 0) is 13.1 Å². The Morgan fingerprint density at radius 3 is 3.05 bits per heavy atom. The maximum atomic E-state index is 14.1. The molecule has 1 N–H and O–H groups in total. The minimum Gasteiger partial charge on any atom is -0.313 e. The van der Waals surface area contributed by atoms with Gasteiger partial charge in [-0.1, -0.05) is 19.1 Å². The van der Waals surface area contributed by atoms with Gasteiger partial charge in [0.1, 0.15) is 5.82 Å². The standard InChI is InChI=1S/C17H26FN3/c1-2-19-11-14-5-6-17(18)15(10-14)12-20-8-9-21-7-3-4-16(21)13-20/h5-6,10,16,19H,2-4,7-9,11-13H2,1H3. The van der Waals surface area contributed by atoms with Gasteiger partial charge in [0.15, 0.2) is 0 Å². The van der Waals surface area contributed by atoms with Crippen molar-refractivity contribution in [1.82, 2.24) is 15.1 Å². The van der Waals surface area contributed by atoms with Gasteiger partial charge in [0.05, 0.1) is 0 Å². The lowest BCUT2D eigenvalue weighted by Crippen LogP contribution is -2.49. The van der Waals surface area contributed by atoms with E-state index in [4.69, 9.17) is 0 Å². The van der Waals surface area contributed by atoms with Crippen molar-refractivity contribution in [3.05, 3.63) is 35.1 Å². The Labute approximate surface area is 127 Å². The zero-order valence-corrected chi connectivity index (χ0v) is 12.9. The summed E-state index contributed by atoms with van der Waals surface area (Å²) in [5.74, 6) is -0.0656. The van der Waals surface area contributed by atoms with Gasteiger partial charge in [0.2, 0.25) is 0 Å². The molecule has 2 heterocycles. The minimum absolute atomic E-state index is 0.0656. The topological polar surface area (TPSA) is 18.5 Å². The van der Waals surface area contributed by atoms with Crippen molar-refractivity contribution in [2.75, 3.05) is 32.7 Å². The molecule has 1 unspecified atom stereocenters. The normalized spacial score (nSPS) is 23.4. The SMILES string of the molecule is CCNCc1ccc(F)c(CN2CCN3CCCC3C2)c1. The molecule has 1 atom stereocenters. The zero-order chi connectivity index (χ0) is 14.7. The molecule has 0 aliphatic carbocycles. The van der Waals surface area contributed by atoms with E-state index in [0.717, 1.165) is 44.8 Å². The van der Waals surface area contributed by atoms with Gasteiger partial charge in [-0.25, -0.2) is 4.39 Å². The monoisotopic (exact) mass is 291 g/mol. The first-order valence-electron chi connectivity index (χ1n) is 8.20. The van der Waals surface area contributed by atoms with E-state index in [-0.39, 0.29) is 5.82 Å². The highest BCUT2D eigenvalue weighted by Crippen LogP contribution is 2.23. The summed E-state index contributed by atoms with van der Waals surface area (Å²) in [4.78, 5) is 5.01. The van der Waals surface area contributed by atoms with Gasteiger partial charge in [-0.05, 0) is 37.6 Å². The fourth-order valence-electron chi connectivity index (χ4n) is 3.57.